The number of hydrogen-bond acceptors (Lipinski definition) is 4. The third-order valence-corrected chi connectivity index (χ3v) is 4.77. The van der Waals surface area contributed by atoms with Gasteiger partial charge in [-0.1, -0.05) is 18.5 Å². The first-order chi connectivity index (χ1) is 10.3. The molecule has 0 amide bonds. The predicted octanol–water partition coefficient (Wildman–Crippen LogP) is 3.31. The van der Waals surface area contributed by atoms with Crippen LogP contribution >= 0.6 is 11.6 Å². The Morgan fingerprint density at radius 2 is 2.33 bits per heavy atom. The Balaban J connectivity index is 1.71. The number of fused-ring (bicyclic) bond motifs is 1. The van der Waals surface area contributed by atoms with Gasteiger partial charge in [-0.15, -0.1) is 0 Å². The summed E-state index contributed by atoms with van der Waals surface area (Å²) in [4.78, 5) is 7.19. The van der Waals surface area contributed by atoms with Gasteiger partial charge in [-0.2, -0.15) is 0 Å². The first-order valence-electron chi connectivity index (χ1n) is 8.03. The van der Waals surface area contributed by atoms with Crippen LogP contribution < -0.4 is 5.32 Å². The van der Waals surface area contributed by atoms with E-state index >= 15 is 0 Å². The smallest absolute Gasteiger partial charge is 0.126 e. The Bertz CT molecular complexity index is 483. The molecule has 0 bridgehead atoms. The van der Waals surface area contributed by atoms with Crippen molar-refractivity contribution in [1.29, 1.82) is 0 Å². The van der Waals surface area contributed by atoms with Crippen LogP contribution in [-0.4, -0.2) is 41.7 Å². The average Bonchev–Trinajstić information content (AvgIpc) is 2.97. The summed E-state index contributed by atoms with van der Waals surface area (Å²) in [5, 5.41) is 4.09. The maximum Gasteiger partial charge on any atom is 0.126 e. The van der Waals surface area contributed by atoms with Gasteiger partial charge >= 0.3 is 0 Å². The lowest BCUT2D eigenvalue weighted by atomic mass is 10.1. The summed E-state index contributed by atoms with van der Waals surface area (Å²) in [5.41, 5.74) is 0.977. The number of rotatable bonds is 5. The van der Waals surface area contributed by atoms with Crippen LogP contribution in [0, 0.1) is 0 Å². The number of ether oxygens (including phenoxy) is 1. The van der Waals surface area contributed by atoms with E-state index in [9.17, 15) is 0 Å². The maximum atomic E-state index is 6.34. The van der Waals surface area contributed by atoms with Crippen molar-refractivity contribution in [1.82, 2.24) is 9.88 Å². The molecule has 1 aromatic rings. The fraction of sp³-hybridized carbons (Fsp3) is 0.688. The number of morpholine rings is 1. The van der Waals surface area contributed by atoms with Gasteiger partial charge in [0, 0.05) is 25.7 Å². The van der Waals surface area contributed by atoms with Gasteiger partial charge in [-0.3, -0.25) is 4.90 Å². The van der Waals surface area contributed by atoms with E-state index in [0.717, 1.165) is 49.2 Å². The molecule has 0 radical (unpaired) electrons. The van der Waals surface area contributed by atoms with Crippen molar-refractivity contribution in [2.24, 2.45) is 0 Å². The normalized spacial score (nSPS) is 25.8. The Hall–Kier alpha value is -0.840. The zero-order chi connectivity index (χ0) is 14.7. The molecule has 0 spiro atoms. The fourth-order valence-electron chi connectivity index (χ4n) is 3.34. The second kappa shape index (κ2) is 6.95. The van der Waals surface area contributed by atoms with Gasteiger partial charge in [-0.05, 0) is 37.8 Å². The van der Waals surface area contributed by atoms with Crippen molar-refractivity contribution in [3.05, 3.63) is 22.8 Å². The zero-order valence-electron chi connectivity index (χ0n) is 12.6. The van der Waals surface area contributed by atoms with Crippen LogP contribution in [0.2, 0.25) is 5.02 Å². The van der Waals surface area contributed by atoms with Crippen LogP contribution in [-0.2, 0) is 11.3 Å². The standard InChI is InChI=1S/C16H24ClN3O/c1-2-8-18-16-7-6-12(17)13(19-16)11-20-9-10-21-15-5-3-4-14(15)20/h6-7,14-15H,2-5,8-11H2,1H3,(H,18,19). The minimum atomic E-state index is 0.416. The van der Waals surface area contributed by atoms with E-state index in [1.807, 2.05) is 12.1 Å². The lowest BCUT2D eigenvalue weighted by Gasteiger charge is -2.37. The Kier molecular flexibility index (Phi) is 4.99. The number of pyridine rings is 1. The molecule has 1 N–H and O–H groups in total. The minimum absolute atomic E-state index is 0.416. The molecule has 1 aliphatic carbocycles. The van der Waals surface area contributed by atoms with Gasteiger partial charge < -0.3 is 10.1 Å². The number of nitrogens with zero attached hydrogens (tertiary/aromatic N) is 2. The van der Waals surface area contributed by atoms with Gasteiger partial charge in [0.2, 0.25) is 0 Å². The van der Waals surface area contributed by atoms with Crippen molar-refractivity contribution in [2.45, 2.75) is 51.3 Å². The van der Waals surface area contributed by atoms with Crippen LogP contribution in [0.25, 0.3) is 0 Å². The van der Waals surface area contributed by atoms with Gasteiger partial charge in [0.05, 0.1) is 23.4 Å². The third kappa shape index (κ3) is 3.50. The molecule has 1 saturated heterocycles. The summed E-state index contributed by atoms with van der Waals surface area (Å²) in [6.45, 7) is 5.72. The number of aromatic nitrogens is 1. The molecule has 2 aliphatic rings. The predicted molar refractivity (Wildman–Crippen MR) is 85.8 cm³/mol. The van der Waals surface area contributed by atoms with Crippen LogP contribution in [0.3, 0.4) is 0 Å². The molecule has 5 heteroatoms. The third-order valence-electron chi connectivity index (χ3n) is 4.42. The van der Waals surface area contributed by atoms with Gasteiger partial charge in [-0.25, -0.2) is 4.98 Å². The highest BCUT2D eigenvalue weighted by Gasteiger charge is 2.36. The molecule has 2 unspecified atom stereocenters. The second-order valence-corrected chi connectivity index (χ2v) is 6.34. The Morgan fingerprint density at radius 1 is 1.43 bits per heavy atom. The second-order valence-electron chi connectivity index (χ2n) is 5.93. The van der Waals surface area contributed by atoms with Crippen LogP contribution in [0.1, 0.15) is 38.3 Å². The maximum absolute atomic E-state index is 6.34. The highest BCUT2D eigenvalue weighted by molar-refractivity contribution is 6.31. The van der Waals surface area contributed by atoms with Crippen LogP contribution in [0.4, 0.5) is 5.82 Å². The SMILES string of the molecule is CCCNc1ccc(Cl)c(CN2CCOC3CCCC32)n1. The molecule has 1 aliphatic heterocycles. The lowest BCUT2D eigenvalue weighted by Crippen LogP contribution is -2.48. The lowest BCUT2D eigenvalue weighted by molar-refractivity contribution is -0.0591. The van der Waals surface area contributed by atoms with Gasteiger partial charge in [0.15, 0.2) is 0 Å². The quantitative estimate of drug-likeness (QED) is 0.905. The molecule has 21 heavy (non-hydrogen) atoms. The van der Waals surface area contributed by atoms with Crippen molar-refractivity contribution in [3.63, 3.8) is 0 Å². The molecule has 1 saturated carbocycles. The number of halogens is 1. The summed E-state index contributed by atoms with van der Waals surface area (Å²) in [6, 6.07) is 4.46. The van der Waals surface area contributed by atoms with Crippen molar-refractivity contribution in [2.75, 3.05) is 25.0 Å². The molecular formula is C16H24ClN3O. The topological polar surface area (TPSA) is 37.4 Å². The fourth-order valence-corrected chi connectivity index (χ4v) is 3.51. The molecule has 1 aromatic heterocycles. The van der Waals surface area contributed by atoms with Gasteiger partial charge in [0.25, 0.3) is 0 Å². The molecule has 0 aromatic carbocycles. The first-order valence-corrected chi connectivity index (χ1v) is 8.40. The molecule has 116 valence electrons. The van der Waals surface area contributed by atoms with Crippen molar-refractivity contribution in [3.8, 4) is 0 Å². The first kappa shape index (κ1) is 15.1. The van der Waals surface area contributed by atoms with Crippen LogP contribution in [0.15, 0.2) is 12.1 Å². The molecule has 2 fully saturated rings. The Labute approximate surface area is 131 Å². The molecule has 3 rings (SSSR count). The minimum Gasteiger partial charge on any atom is -0.375 e. The Morgan fingerprint density at radius 3 is 3.19 bits per heavy atom. The average molecular weight is 310 g/mol. The summed E-state index contributed by atoms with van der Waals surface area (Å²) in [5.74, 6) is 0.924. The highest BCUT2D eigenvalue weighted by atomic mass is 35.5. The highest BCUT2D eigenvalue weighted by Crippen LogP contribution is 2.31. The molecule has 2 atom stereocenters. The molecule has 2 heterocycles. The summed E-state index contributed by atoms with van der Waals surface area (Å²) in [7, 11) is 0. The molecule has 4 nitrogen and oxygen atoms in total. The van der Waals surface area contributed by atoms with E-state index in [4.69, 9.17) is 21.3 Å². The summed E-state index contributed by atoms with van der Waals surface area (Å²) >= 11 is 6.34. The van der Waals surface area contributed by atoms with E-state index in [2.05, 4.69) is 17.1 Å². The van der Waals surface area contributed by atoms with Crippen LogP contribution in [0.5, 0.6) is 0 Å². The number of hydrogen-bond donors (Lipinski definition) is 1. The van der Waals surface area contributed by atoms with E-state index < -0.39 is 0 Å². The number of anilines is 1. The van der Waals surface area contributed by atoms with Gasteiger partial charge in [0.1, 0.15) is 5.82 Å². The van der Waals surface area contributed by atoms with E-state index in [1.54, 1.807) is 0 Å². The largest absolute Gasteiger partial charge is 0.375 e. The van der Waals surface area contributed by atoms with E-state index in [1.165, 1.54) is 19.3 Å². The molecular weight excluding hydrogens is 286 g/mol. The van der Waals surface area contributed by atoms with E-state index in [-0.39, 0.29) is 0 Å². The number of nitrogens with one attached hydrogen (secondary N) is 1. The van der Waals surface area contributed by atoms with Crippen molar-refractivity contribution < 1.29 is 4.74 Å². The van der Waals surface area contributed by atoms with Crippen molar-refractivity contribution >= 4 is 17.4 Å². The van der Waals surface area contributed by atoms with E-state index in [0.29, 0.717) is 12.1 Å². The summed E-state index contributed by atoms with van der Waals surface area (Å²) in [6.07, 6.45) is 5.20. The zero-order valence-corrected chi connectivity index (χ0v) is 13.4. The summed E-state index contributed by atoms with van der Waals surface area (Å²) < 4.78 is 5.87. The monoisotopic (exact) mass is 309 g/mol.